The predicted octanol–water partition coefficient (Wildman–Crippen LogP) is 2.15. The molecule has 184 valence electrons. The lowest BCUT2D eigenvalue weighted by Crippen LogP contribution is -2.51. The fourth-order valence-electron chi connectivity index (χ4n) is 4.43. The largest absolute Gasteiger partial charge is 0.382 e. The van der Waals surface area contributed by atoms with Crippen LogP contribution in [0.4, 0.5) is 11.8 Å². The third-order valence-electron chi connectivity index (χ3n) is 6.64. The normalized spacial score (nSPS) is 17.9. The zero-order valence-corrected chi connectivity index (χ0v) is 20.8. The Morgan fingerprint density at radius 3 is 2.24 bits per heavy atom. The van der Waals surface area contributed by atoms with Crippen molar-refractivity contribution >= 4 is 27.5 Å². The van der Waals surface area contributed by atoms with Crippen LogP contribution in [-0.2, 0) is 14.6 Å². The first-order chi connectivity index (χ1) is 16.3. The van der Waals surface area contributed by atoms with Crippen molar-refractivity contribution in [1.29, 1.82) is 0 Å². The summed E-state index contributed by atoms with van der Waals surface area (Å²) in [5.41, 5.74) is 7.15. The summed E-state index contributed by atoms with van der Waals surface area (Å²) in [6.07, 6.45) is 4.69. The van der Waals surface area contributed by atoms with Crippen LogP contribution in [0.2, 0.25) is 0 Å². The minimum atomic E-state index is -3.81. The van der Waals surface area contributed by atoms with E-state index in [1.807, 2.05) is 21.9 Å². The number of piperidine rings is 1. The van der Waals surface area contributed by atoms with Crippen molar-refractivity contribution in [3.05, 3.63) is 36.0 Å². The minimum absolute atomic E-state index is 0.0550. The number of carbonyl (C=O) groups excluding carboxylic acids is 1. The van der Waals surface area contributed by atoms with Crippen LogP contribution in [-0.4, -0.2) is 79.9 Å². The van der Waals surface area contributed by atoms with E-state index in [0.29, 0.717) is 44.6 Å². The van der Waals surface area contributed by atoms with Gasteiger partial charge in [0, 0.05) is 39.3 Å². The SMILES string of the molecule is CC(C)c1ccc(S(=O)(=O)c2cnc(N3CCN(CC(=O)N4CCCCC4)CC3)nc2N)cc1. The number of benzene rings is 1. The molecule has 2 aromatic rings. The van der Waals surface area contributed by atoms with E-state index in [1.165, 1.54) is 12.6 Å². The number of carbonyl (C=O) groups is 1. The van der Waals surface area contributed by atoms with E-state index in [4.69, 9.17) is 5.73 Å². The van der Waals surface area contributed by atoms with Gasteiger partial charge in [-0.2, -0.15) is 4.98 Å². The molecule has 1 aromatic heterocycles. The molecular formula is C24H34N6O3S. The fourth-order valence-corrected chi connectivity index (χ4v) is 5.69. The van der Waals surface area contributed by atoms with Gasteiger partial charge in [0.15, 0.2) is 0 Å². The molecule has 0 unspecified atom stereocenters. The summed E-state index contributed by atoms with van der Waals surface area (Å²) in [6, 6.07) is 6.84. The molecule has 10 heteroatoms. The molecule has 2 saturated heterocycles. The summed E-state index contributed by atoms with van der Waals surface area (Å²) in [5, 5.41) is 0. The quantitative estimate of drug-likeness (QED) is 0.661. The predicted molar refractivity (Wildman–Crippen MR) is 132 cm³/mol. The van der Waals surface area contributed by atoms with Crippen LogP contribution in [0.5, 0.6) is 0 Å². The van der Waals surface area contributed by atoms with Crippen LogP contribution in [0.3, 0.4) is 0 Å². The summed E-state index contributed by atoms with van der Waals surface area (Å²) >= 11 is 0. The number of nitrogens with two attached hydrogens (primary N) is 1. The zero-order chi connectivity index (χ0) is 24.3. The average molecular weight is 487 g/mol. The number of piperazine rings is 1. The van der Waals surface area contributed by atoms with Crippen molar-refractivity contribution in [2.24, 2.45) is 0 Å². The van der Waals surface area contributed by atoms with Crippen LogP contribution in [0.25, 0.3) is 0 Å². The molecule has 0 radical (unpaired) electrons. The van der Waals surface area contributed by atoms with Crippen molar-refractivity contribution in [2.75, 3.05) is 56.4 Å². The second-order valence-electron chi connectivity index (χ2n) is 9.35. The highest BCUT2D eigenvalue weighted by molar-refractivity contribution is 7.91. The molecule has 0 atom stereocenters. The number of aromatic nitrogens is 2. The molecule has 0 spiro atoms. The van der Waals surface area contributed by atoms with E-state index in [-0.39, 0.29) is 21.5 Å². The van der Waals surface area contributed by atoms with Crippen LogP contribution in [0, 0.1) is 0 Å². The van der Waals surface area contributed by atoms with Gasteiger partial charge in [0.1, 0.15) is 10.7 Å². The summed E-state index contributed by atoms with van der Waals surface area (Å²) < 4.78 is 26.2. The van der Waals surface area contributed by atoms with E-state index in [0.717, 1.165) is 31.5 Å². The number of sulfone groups is 1. The lowest BCUT2D eigenvalue weighted by atomic mass is 10.0. The van der Waals surface area contributed by atoms with Gasteiger partial charge in [-0.05, 0) is 42.9 Å². The second-order valence-corrected chi connectivity index (χ2v) is 11.3. The maximum absolute atomic E-state index is 13.1. The van der Waals surface area contributed by atoms with Crippen molar-refractivity contribution in [2.45, 2.75) is 48.8 Å². The molecule has 4 rings (SSSR count). The highest BCUT2D eigenvalue weighted by atomic mass is 32.2. The number of nitrogens with zero attached hydrogens (tertiary/aromatic N) is 5. The summed E-state index contributed by atoms with van der Waals surface area (Å²) in [6.45, 7) is 9.00. The first kappa shape index (κ1) is 24.4. The lowest BCUT2D eigenvalue weighted by Gasteiger charge is -2.36. The van der Waals surface area contributed by atoms with E-state index in [2.05, 4.69) is 28.7 Å². The first-order valence-electron chi connectivity index (χ1n) is 12.0. The maximum atomic E-state index is 13.1. The van der Waals surface area contributed by atoms with E-state index < -0.39 is 9.84 Å². The van der Waals surface area contributed by atoms with E-state index in [1.54, 1.807) is 12.1 Å². The van der Waals surface area contributed by atoms with Crippen LogP contribution in [0.1, 0.15) is 44.6 Å². The second kappa shape index (κ2) is 10.3. The van der Waals surface area contributed by atoms with Crippen molar-refractivity contribution in [3.63, 3.8) is 0 Å². The maximum Gasteiger partial charge on any atom is 0.236 e. The molecule has 34 heavy (non-hydrogen) atoms. The number of hydrogen-bond acceptors (Lipinski definition) is 8. The van der Waals surface area contributed by atoms with Crippen molar-refractivity contribution in [3.8, 4) is 0 Å². The Balaban J connectivity index is 1.39. The standard InChI is InChI=1S/C24H34N6O3S/c1-18(2)19-6-8-20(9-7-19)34(32,33)21-16-26-24(27-23(21)25)30-14-12-28(13-15-30)17-22(31)29-10-4-3-5-11-29/h6-9,16,18H,3-5,10-15,17H2,1-2H3,(H2,25,26,27). The van der Waals surface area contributed by atoms with Gasteiger partial charge in [-0.15, -0.1) is 0 Å². The Labute approximate surface area is 201 Å². The van der Waals surface area contributed by atoms with Gasteiger partial charge in [0.25, 0.3) is 0 Å². The fraction of sp³-hybridized carbons (Fsp3) is 0.542. The summed E-state index contributed by atoms with van der Waals surface area (Å²) in [5.74, 6) is 0.867. The van der Waals surface area contributed by atoms with Gasteiger partial charge in [-0.1, -0.05) is 26.0 Å². The number of nitrogen functional groups attached to an aromatic ring is 1. The monoisotopic (exact) mass is 486 g/mol. The Morgan fingerprint density at radius 1 is 1.00 bits per heavy atom. The topological polar surface area (TPSA) is 113 Å². The third kappa shape index (κ3) is 5.33. The average Bonchev–Trinajstić information content (AvgIpc) is 2.85. The third-order valence-corrected chi connectivity index (χ3v) is 8.43. The molecule has 1 amide bonds. The smallest absolute Gasteiger partial charge is 0.236 e. The molecule has 0 aliphatic carbocycles. The van der Waals surface area contributed by atoms with Crippen molar-refractivity contribution in [1.82, 2.24) is 19.8 Å². The van der Waals surface area contributed by atoms with Crippen molar-refractivity contribution < 1.29 is 13.2 Å². The molecule has 3 heterocycles. The molecule has 2 fully saturated rings. The lowest BCUT2D eigenvalue weighted by molar-refractivity contribution is -0.133. The molecule has 2 aliphatic heterocycles. The highest BCUT2D eigenvalue weighted by Crippen LogP contribution is 2.27. The van der Waals surface area contributed by atoms with E-state index >= 15 is 0 Å². The van der Waals surface area contributed by atoms with Crippen LogP contribution >= 0.6 is 0 Å². The molecule has 0 saturated carbocycles. The summed E-state index contributed by atoms with van der Waals surface area (Å²) in [4.78, 5) is 27.4. The molecule has 0 bridgehead atoms. The molecule has 2 N–H and O–H groups in total. The van der Waals surface area contributed by atoms with Crippen LogP contribution in [0.15, 0.2) is 40.3 Å². The Morgan fingerprint density at radius 2 is 1.65 bits per heavy atom. The number of anilines is 2. The van der Waals surface area contributed by atoms with Gasteiger partial charge in [-0.3, -0.25) is 9.69 Å². The van der Waals surface area contributed by atoms with Crippen LogP contribution < -0.4 is 10.6 Å². The highest BCUT2D eigenvalue weighted by Gasteiger charge is 2.26. The molecular weight excluding hydrogens is 452 g/mol. The number of amides is 1. The van der Waals surface area contributed by atoms with Gasteiger partial charge in [0.05, 0.1) is 17.6 Å². The number of rotatable bonds is 6. The van der Waals surface area contributed by atoms with Gasteiger partial charge >= 0.3 is 0 Å². The Kier molecular flexibility index (Phi) is 7.37. The number of likely N-dealkylation sites (tertiary alicyclic amines) is 1. The Bertz CT molecular complexity index is 1110. The molecule has 1 aromatic carbocycles. The molecule has 2 aliphatic rings. The number of hydrogen-bond donors (Lipinski definition) is 1. The Hall–Kier alpha value is -2.72. The van der Waals surface area contributed by atoms with Gasteiger partial charge < -0.3 is 15.5 Å². The van der Waals surface area contributed by atoms with Gasteiger partial charge in [-0.25, -0.2) is 13.4 Å². The summed E-state index contributed by atoms with van der Waals surface area (Å²) in [7, 11) is -3.81. The minimum Gasteiger partial charge on any atom is -0.382 e. The van der Waals surface area contributed by atoms with Gasteiger partial charge in [0.2, 0.25) is 21.7 Å². The first-order valence-corrected chi connectivity index (χ1v) is 13.5. The molecule has 9 nitrogen and oxygen atoms in total. The van der Waals surface area contributed by atoms with E-state index in [9.17, 15) is 13.2 Å². The zero-order valence-electron chi connectivity index (χ0n) is 20.0.